The minimum atomic E-state index is -1.13. The Morgan fingerprint density at radius 2 is 1.84 bits per heavy atom. The molecule has 31 heavy (non-hydrogen) atoms. The number of nitrogens with two attached hydrogens (primary N) is 1. The number of rotatable bonds is 12. The van der Waals surface area contributed by atoms with Crippen LogP contribution >= 0.6 is 11.8 Å². The van der Waals surface area contributed by atoms with Crippen molar-refractivity contribution >= 4 is 46.4 Å². The van der Waals surface area contributed by atoms with E-state index in [1.54, 1.807) is 6.20 Å². The Hall–Kier alpha value is -3.05. The third-order valence-corrected chi connectivity index (χ3v) is 5.21. The molecule has 10 nitrogen and oxygen atoms in total. The SMILES string of the molecule is CSCCC(NC(=O)CNC(=O)CNC(=O)C(N)Cc1c[nH]c2ccccc12)C(=O)O. The lowest BCUT2D eigenvalue weighted by atomic mass is 10.1. The number of fused-ring (bicyclic) bond motifs is 1. The number of carboxylic acid groups (broad SMARTS) is 1. The third kappa shape index (κ3) is 7.61. The molecule has 2 aromatic rings. The van der Waals surface area contributed by atoms with E-state index in [0.717, 1.165) is 16.5 Å². The number of aliphatic carboxylic acids is 1. The second-order valence-corrected chi connectivity index (χ2v) is 7.89. The highest BCUT2D eigenvalue weighted by Crippen LogP contribution is 2.18. The Kier molecular flexibility index (Phi) is 9.35. The number of nitrogens with one attached hydrogen (secondary N) is 4. The summed E-state index contributed by atoms with van der Waals surface area (Å²) in [5.41, 5.74) is 7.79. The summed E-state index contributed by atoms with van der Waals surface area (Å²) in [4.78, 5) is 50.2. The molecule has 11 heteroatoms. The first-order valence-electron chi connectivity index (χ1n) is 9.68. The van der Waals surface area contributed by atoms with Crippen molar-refractivity contribution in [2.75, 3.05) is 25.1 Å². The molecule has 0 bridgehead atoms. The molecular weight excluding hydrogens is 422 g/mol. The molecule has 0 radical (unpaired) electrons. The largest absolute Gasteiger partial charge is 0.480 e. The molecule has 0 aliphatic heterocycles. The second kappa shape index (κ2) is 12.0. The average molecular weight is 450 g/mol. The van der Waals surface area contributed by atoms with Gasteiger partial charge in [-0.15, -0.1) is 0 Å². The van der Waals surface area contributed by atoms with Gasteiger partial charge in [-0.2, -0.15) is 11.8 Å². The van der Waals surface area contributed by atoms with Crippen LogP contribution in [-0.2, 0) is 25.6 Å². The monoisotopic (exact) mass is 449 g/mol. The summed E-state index contributed by atoms with van der Waals surface area (Å²) in [6.07, 6.45) is 4.21. The number of carbonyl (C=O) groups is 4. The van der Waals surface area contributed by atoms with Gasteiger partial charge in [-0.05, 0) is 36.5 Å². The first-order valence-corrected chi connectivity index (χ1v) is 11.1. The van der Waals surface area contributed by atoms with E-state index in [0.29, 0.717) is 12.2 Å². The fourth-order valence-corrected chi connectivity index (χ4v) is 3.38. The molecule has 0 spiro atoms. The number of thioether (sulfide) groups is 1. The fraction of sp³-hybridized carbons (Fsp3) is 0.400. The smallest absolute Gasteiger partial charge is 0.326 e. The van der Waals surface area contributed by atoms with Crippen LogP contribution < -0.4 is 21.7 Å². The van der Waals surface area contributed by atoms with Crippen LogP contribution in [0.15, 0.2) is 30.5 Å². The minimum Gasteiger partial charge on any atom is -0.480 e. The predicted octanol–water partition coefficient (Wildman–Crippen LogP) is -0.407. The second-order valence-electron chi connectivity index (χ2n) is 6.90. The summed E-state index contributed by atoms with van der Waals surface area (Å²) in [7, 11) is 0. The zero-order valence-corrected chi connectivity index (χ0v) is 18.0. The molecule has 168 valence electrons. The quantitative estimate of drug-likeness (QED) is 0.256. The van der Waals surface area contributed by atoms with Gasteiger partial charge in [0.1, 0.15) is 6.04 Å². The van der Waals surface area contributed by atoms with Gasteiger partial charge in [0.2, 0.25) is 17.7 Å². The summed E-state index contributed by atoms with van der Waals surface area (Å²) >= 11 is 1.47. The number of hydrogen-bond acceptors (Lipinski definition) is 6. The van der Waals surface area contributed by atoms with Gasteiger partial charge >= 0.3 is 5.97 Å². The van der Waals surface area contributed by atoms with Gasteiger partial charge in [-0.3, -0.25) is 14.4 Å². The van der Waals surface area contributed by atoms with Crippen LogP contribution in [-0.4, -0.2) is 71.0 Å². The number of carbonyl (C=O) groups excluding carboxylic acids is 3. The van der Waals surface area contributed by atoms with Crippen molar-refractivity contribution in [3.8, 4) is 0 Å². The maximum atomic E-state index is 12.2. The number of benzene rings is 1. The van der Waals surface area contributed by atoms with Crippen molar-refractivity contribution in [3.63, 3.8) is 0 Å². The lowest BCUT2D eigenvalue weighted by Gasteiger charge is -2.15. The molecule has 0 aliphatic carbocycles. The number of para-hydroxylation sites is 1. The highest BCUT2D eigenvalue weighted by molar-refractivity contribution is 7.98. The number of aromatic amines is 1. The molecule has 0 saturated carbocycles. The fourth-order valence-electron chi connectivity index (χ4n) is 2.91. The van der Waals surface area contributed by atoms with Crippen molar-refractivity contribution in [2.24, 2.45) is 5.73 Å². The van der Waals surface area contributed by atoms with Crippen molar-refractivity contribution in [2.45, 2.75) is 24.9 Å². The molecular formula is C20H27N5O5S. The zero-order valence-electron chi connectivity index (χ0n) is 17.1. The molecule has 3 amide bonds. The van der Waals surface area contributed by atoms with Crippen molar-refractivity contribution < 1.29 is 24.3 Å². The van der Waals surface area contributed by atoms with E-state index in [4.69, 9.17) is 10.8 Å². The minimum absolute atomic E-state index is 0.278. The van der Waals surface area contributed by atoms with Crippen LogP contribution in [0.25, 0.3) is 10.9 Å². The van der Waals surface area contributed by atoms with Gasteiger partial charge in [-0.1, -0.05) is 18.2 Å². The lowest BCUT2D eigenvalue weighted by Crippen LogP contribution is -2.49. The van der Waals surface area contributed by atoms with Crippen LogP contribution in [0, 0.1) is 0 Å². The van der Waals surface area contributed by atoms with E-state index in [9.17, 15) is 19.2 Å². The number of hydrogen-bond donors (Lipinski definition) is 6. The van der Waals surface area contributed by atoms with E-state index in [1.807, 2.05) is 30.5 Å². The molecule has 2 rings (SSSR count). The molecule has 2 unspecified atom stereocenters. The summed E-state index contributed by atoms with van der Waals surface area (Å²) in [5, 5.41) is 17.2. The van der Waals surface area contributed by atoms with Crippen LogP contribution in [0.3, 0.4) is 0 Å². The van der Waals surface area contributed by atoms with Gasteiger partial charge in [0.25, 0.3) is 0 Å². The number of carboxylic acids is 1. The van der Waals surface area contributed by atoms with E-state index in [-0.39, 0.29) is 19.5 Å². The Bertz CT molecular complexity index is 932. The number of aromatic nitrogens is 1. The highest BCUT2D eigenvalue weighted by atomic mass is 32.2. The Labute approximate surface area is 183 Å². The van der Waals surface area contributed by atoms with Gasteiger partial charge in [0.15, 0.2) is 0 Å². The Morgan fingerprint density at radius 1 is 1.13 bits per heavy atom. The molecule has 0 fully saturated rings. The van der Waals surface area contributed by atoms with Gasteiger partial charge in [0.05, 0.1) is 19.1 Å². The highest BCUT2D eigenvalue weighted by Gasteiger charge is 2.20. The third-order valence-electron chi connectivity index (χ3n) is 4.56. The van der Waals surface area contributed by atoms with Gasteiger partial charge in [-0.25, -0.2) is 4.79 Å². The Morgan fingerprint density at radius 3 is 2.55 bits per heavy atom. The molecule has 0 saturated heterocycles. The van der Waals surface area contributed by atoms with Crippen molar-refractivity contribution in [1.29, 1.82) is 0 Å². The maximum absolute atomic E-state index is 12.2. The summed E-state index contributed by atoms with van der Waals surface area (Å²) < 4.78 is 0. The molecule has 1 heterocycles. The molecule has 0 aliphatic rings. The number of amides is 3. The zero-order chi connectivity index (χ0) is 22.8. The normalized spacial score (nSPS) is 12.7. The van der Waals surface area contributed by atoms with Gasteiger partial charge in [0, 0.05) is 17.1 Å². The predicted molar refractivity (Wildman–Crippen MR) is 119 cm³/mol. The molecule has 1 aromatic heterocycles. The summed E-state index contributed by atoms with van der Waals surface area (Å²) in [6.45, 7) is -0.734. The van der Waals surface area contributed by atoms with Crippen LogP contribution in [0.1, 0.15) is 12.0 Å². The topological polar surface area (TPSA) is 166 Å². The average Bonchev–Trinajstić information content (AvgIpc) is 3.16. The number of H-pyrrole nitrogens is 1. The van der Waals surface area contributed by atoms with Crippen molar-refractivity contribution in [1.82, 2.24) is 20.9 Å². The maximum Gasteiger partial charge on any atom is 0.326 e. The molecule has 1 aromatic carbocycles. The van der Waals surface area contributed by atoms with E-state index in [1.165, 1.54) is 11.8 Å². The van der Waals surface area contributed by atoms with E-state index in [2.05, 4.69) is 20.9 Å². The van der Waals surface area contributed by atoms with Crippen LogP contribution in [0.2, 0.25) is 0 Å². The summed E-state index contributed by atoms with van der Waals surface area (Å²) in [6, 6.07) is 5.79. The first kappa shape index (κ1) is 24.2. The molecule has 2 atom stereocenters. The summed E-state index contributed by atoms with van der Waals surface area (Å²) in [5.74, 6) is -2.25. The van der Waals surface area contributed by atoms with Crippen LogP contribution in [0.5, 0.6) is 0 Å². The van der Waals surface area contributed by atoms with Gasteiger partial charge < -0.3 is 31.8 Å². The van der Waals surface area contributed by atoms with E-state index >= 15 is 0 Å². The Balaban J connectivity index is 1.73. The van der Waals surface area contributed by atoms with Crippen LogP contribution in [0.4, 0.5) is 0 Å². The van der Waals surface area contributed by atoms with E-state index < -0.39 is 35.8 Å². The lowest BCUT2D eigenvalue weighted by molar-refractivity contribution is -0.141. The molecule has 7 N–H and O–H groups in total. The standard InChI is InChI=1S/C20H27N5O5S/c1-31-7-6-16(20(29)30)25-18(27)11-23-17(26)10-24-19(28)14(21)8-12-9-22-15-5-3-2-4-13(12)15/h2-5,9,14,16,22H,6-8,10-11,21H2,1H3,(H,23,26)(H,24,28)(H,25,27)(H,29,30). The van der Waals surface area contributed by atoms with Crippen molar-refractivity contribution in [3.05, 3.63) is 36.0 Å². The first-order chi connectivity index (χ1) is 14.8.